The van der Waals surface area contributed by atoms with E-state index in [2.05, 4.69) is 52.9 Å². The van der Waals surface area contributed by atoms with E-state index in [1.54, 1.807) is 0 Å². The van der Waals surface area contributed by atoms with Crippen molar-refractivity contribution in [3.05, 3.63) is 29.3 Å². The van der Waals surface area contributed by atoms with E-state index in [4.69, 9.17) is 4.74 Å². The fourth-order valence-corrected chi connectivity index (χ4v) is 3.23. The Morgan fingerprint density at radius 2 is 2.22 bits per heavy atom. The SMILES string of the molecule is COC1CN(c2ccc(CBr)c(C)c2)CCC1C. The van der Waals surface area contributed by atoms with Crippen LogP contribution in [0.15, 0.2) is 18.2 Å². The number of anilines is 1. The molecule has 18 heavy (non-hydrogen) atoms. The Morgan fingerprint density at radius 3 is 2.83 bits per heavy atom. The first kappa shape index (κ1) is 13.9. The fourth-order valence-electron chi connectivity index (χ4n) is 2.60. The van der Waals surface area contributed by atoms with Crippen LogP contribution in [0.5, 0.6) is 0 Å². The summed E-state index contributed by atoms with van der Waals surface area (Å²) in [6.45, 7) is 6.60. The normalized spacial score (nSPS) is 24.3. The highest BCUT2D eigenvalue weighted by Crippen LogP contribution is 2.26. The first-order chi connectivity index (χ1) is 8.65. The number of hydrogen-bond acceptors (Lipinski definition) is 2. The second-order valence-corrected chi connectivity index (χ2v) is 5.79. The zero-order valence-electron chi connectivity index (χ0n) is 11.4. The van der Waals surface area contributed by atoms with Crippen LogP contribution in [0.1, 0.15) is 24.5 Å². The zero-order valence-corrected chi connectivity index (χ0v) is 13.0. The molecule has 100 valence electrons. The molecule has 1 saturated heterocycles. The first-order valence-electron chi connectivity index (χ1n) is 6.59. The van der Waals surface area contributed by atoms with Crippen molar-refractivity contribution < 1.29 is 4.74 Å². The lowest BCUT2D eigenvalue weighted by Crippen LogP contribution is -2.43. The minimum Gasteiger partial charge on any atom is -0.379 e. The van der Waals surface area contributed by atoms with Crippen molar-refractivity contribution in [2.24, 2.45) is 5.92 Å². The molecule has 0 radical (unpaired) electrons. The third-order valence-electron chi connectivity index (χ3n) is 4.03. The van der Waals surface area contributed by atoms with E-state index >= 15 is 0 Å². The number of aryl methyl sites for hydroxylation is 1. The predicted molar refractivity (Wildman–Crippen MR) is 80.6 cm³/mol. The standard InChI is InChI=1S/C15H22BrNO/c1-11-6-7-17(10-15(11)18-3)14-5-4-13(9-16)12(2)8-14/h4-5,8,11,15H,6-7,9-10H2,1-3H3. The number of benzene rings is 1. The molecule has 0 aromatic heterocycles. The molecule has 2 atom stereocenters. The molecule has 2 rings (SSSR count). The molecule has 2 nitrogen and oxygen atoms in total. The third-order valence-corrected chi connectivity index (χ3v) is 4.63. The summed E-state index contributed by atoms with van der Waals surface area (Å²) in [6, 6.07) is 6.74. The van der Waals surface area contributed by atoms with Crippen LogP contribution in [0, 0.1) is 12.8 Å². The molecule has 0 spiro atoms. The number of ether oxygens (including phenoxy) is 1. The van der Waals surface area contributed by atoms with Gasteiger partial charge >= 0.3 is 0 Å². The van der Waals surface area contributed by atoms with Gasteiger partial charge in [0.15, 0.2) is 0 Å². The van der Waals surface area contributed by atoms with Gasteiger partial charge in [-0.3, -0.25) is 0 Å². The van der Waals surface area contributed by atoms with Crippen LogP contribution in [0.25, 0.3) is 0 Å². The maximum atomic E-state index is 5.58. The van der Waals surface area contributed by atoms with Crippen LogP contribution in [0.2, 0.25) is 0 Å². The van der Waals surface area contributed by atoms with Gasteiger partial charge in [-0.25, -0.2) is 0 Å². The van der Waals surface area contributed by atoms with E-state index < -0.39 is 0 Å². The highest BCUT2D eigenvalue weighted by molar-refractivity contribution is 9.08. The van der Waals surface area contributed by atoms with Gasteiger partial charge in [-0.05, 0) is 42.5 Å². The van der Waals surface area contributed by atoms with Crippen molar-refractivity contribution in [1.82, 2.24) is 0 Å². The molecule has 0 bridgehead atoms. The van der Waals surface area contributed by atoms with Gasteiger partial charge in [0.05, 0.1) is 6.10 Å². The smallest absolute Gasteiger partial charge is 0.0772 e. The summed E-state index contributed by atoms with van der Waals surface area (Å²) in [5.41, 5.74) is 4.05. The predicted octanol–water partition coefficient (Wildman–Crippen LogP) is 3.75. The quantitative estimate of drug-likeness (QED) is 0.788. The van der Waals surface area contributed by atoms with Crippen LogP contribution < -0.4 is 4.90 Å². The van der Waals surface area contributed by atoms with E-state index in [-0.39, 0.29) is 0 Å². The Labute approximate surface area is 118 Å². The number of hydrogen-bond donors (Lipinski definition) is 0. The minimum atomic E-state index is 0.356. The summed E-state index contributed by atoms with van der Waals surface area (Å²) in [4.78, 5) is 2.44. The van der Waals surface area contributed by atoms with Gasteiger partial charge in [0.2, 0.25) is 0 Å². The molecule has 2 unspecified atom stereocenters. The van der Waals surface area contributed by atoms with E-state index in [9.17, 15) is 0 Å². The zero-order chi connectivity index (χ0) is 13.1. The summed E-state index contributed by atoms with van der Waals surface area (Å²) in [7, 11) is 1.82. The fraction of sp³-hybridized carbons (Fsp3) is 0.600. The number of nitrogens with zero attached hydrogens (tertiary/aromatic N) is 1. The number of rotatable bonds is 3. The average molecular weight is 312 g/mol. The van der Waals surface area contributed by atoms with E-state index in [1.807, 2.05) is 7.11 Å². The molecule has 0 amide bonds. The summed E-state index contributed by atoms with van der Waals surface area (Å²) in [5.74, 6) is 0.661. The van der Waals surface area contributed by atoms with Crippen LogP contribution in [-0.4, -0.2) is 26.3 Å². The van der Waals surface area contributed by atoms with Gasteiger partial charge in [0.1, 0.15) is 0 Å². The van der Waals surface area contributed by atoms with Gasteiger partial charge in [-0.1, -0.05) is 28.9 Å². The molecule has 1 aromatic carbocycles. The molecular formula is C15H22BrNO. The molecule has 0 aliphatic carbocycles. The van der Waals surface area contributed by atoms with Crippen LogP contribution in [-0.2, 0) is 10.1 Å². The Balaban J connectivity index is 2.14. The first-order valence-corrected chi connectivity index (χ1v) is 7.71. The molecule has 0 saturated carbocycles. The second-order valence-electron chi connectivity index (χ2n) is 5.23. The Bertz CT molecular complexity index is 407. The van der Waals surface area contributed by atoms with E-state index in [1.165, 1.54) is 23.2 Å². The van der Waals surface area contributed by atoms with Crippen molar-refractivity contribution in [3.8, 4) is 0 Å². The molecule has 1 fully saturated rings. The van der Waals surface area contributed by atoms with Crippen molar-refractivity contribution in [3.63, 3.8) is 0 Å². The monoisotopic (exact) mass is 311 g/mol. The lowest BCUT2D eigenvalue weighted by atomic mass is 9.95. The molecule has 3 heteroatoms. The molecular weight excluding hydrogens is 290 g/mol. The van der Waals surface area contributed by atoms with Crippen LogP contribution in [0.3, 0.4) is 0 Å². The number of methoxy groups -OCH3 is 1. The van der Waals surface area contributed by atoms with Gasteiger partial charge in [0, 0.05) is 31.2 Å². The minimum absolute atomic E-state index is 0.356. The number of halogens is 1. The third kappa shape index (κ3) is 2.89. The number of piperidine rings is 1. The van der Waals surface area contributed by atoms with Crippen molar-refractivity contribution in [2.75, 3.05) is 25.1 Å². The van der Waals surface area contributed by atoms with Crippen molar-refractivity contribution >= 4 is 21.6 Å². The van der Waals surface area contributed by atoms with Gasteiger partial charge in [0.25, 0.3) is 0 Å². The van der Waals surface area contributed by atoms with E-state index in [0.717, 1.165) is 18.4 Å². The molecule has 1 aromatic rings. The maximum absolute atomic E-state index is 5.58. The van der Waals surface area contributed by atoms with Gasteiger partial charge in [-0.15, -0.1) is 0 Å². The highest BCUT2D eigenvalue weighted by Gasteiger charge is 2.26. The van der Waals surface area contributed by atoms with Crippen LogP contribution in [0.4, 0.5) is 5.69 Å². The molecule has 1 heterocycles. The highest BCUT2D eigenvalue weighted by atomic mass is 79.9. The maximum Gasteiger partial charge on any atom is 0.0772 e. The molecule has 1 aliphatic rings. The summed E-state index contributed by atoms with van der Waals surface area (Å²) >= 11 is 3.52. The van der Waals surface area contributed by atoms with E-state index in [0.29, 0.717) is 12.0 Å². The van der Waals surface area contributed by atoms with Gasteiger partial charge in [-0.2, -0.15) is 0 Å². The Morgan fingerprint density at radius 1 is 1.44 bits per heavy atom. The van der Waals surface area contributed by atoms with Crippen molar-refractivity contribution in [2.45, 2.75) is 31.7 Å². The van der Waals surface area contributed by atoms with Crippen molar-refractivity contribution in [1.29, 1.82) is 0 Å². The Hall–Kier alpha value is -0.540. The topological polar surface area (TPSA) is 12.5 Å². The lowest BCUT2D eigenvalue weighted by Gasteiger charge is -2.37. The Kier molecular flexibility index (Phi) is 4.68. The molecule has 1 aliphatic heterocycles. The summed E-state index contributed by atoms with van der Waals surface area (Å²) < 4.78 is 5.58. The lowest BCUT2D eigenvalue weighted by molar-refractivity contribution is 0.0498. The summed E-state index contributed by atoms with van der Waals surface area (Å²) in [5, 5.41) is 0.927. The van der Waals surface area contributed by atoms with Gasteiger partial charge < -0.3 is 9.64 Å². The molecule has 0 N–H and O–H groups in total. The largest absolute Gasteiger partial charge is 0.379 e. The van der Waals surface area contributed by atoms with Crippen LogP contribution >= 0.6 is 15.9 Å². The second kappa shape index (κ2) is 6.07. The number of alkyl halides is 1. The summed E-state index contributed by atoms with van der Waals surface area (Å²) in [6.07, 6.45) is 1.56. The average Bonchev–Trinajstić information content (AvgIpc) is 2.39.